The van der Waals surface area contributed by atoms with Gasteiger partial charge in [-0.05, 0) is 37.7 Å². The number of aromatic nitrogens is 3. The number of alkyl halides is 2. The Morgan fingerprint density at radius 3 is 2.84 bits per heavy atom. The zero-order chi connectivity index (χ0) is 22.6. The van der Waals surface area contributed by atoms with Crippen LogP contribution < -0.4 is 5.32 Å². The van der Waals surface area contributed by atoms with E-state index in [-0.39, 0.29) is 54.6 Å². The van der Waals surface area contributed by atoms with Gasteiger partial charge in [-0.15, -0.1) is 0 Å². The van der Waals surface area contributed by atoms with E-state index in [0.29, 0.717) is 30.2 Å². The molecule has 170 valence electrons. The molecule has 2 saturated carbocycles. The van der Waals surface area contributed by atoms with Crippen molar-refractivity contribution in [2.45, 2.75) is 76.0 Å². The molecular weight excluding hydrogens is 420 g/mol. The molecule has 32 heavy (non-hydrogen) atoms. The second-order valence-electron chi connectivity index (χ2n) is 9.23. The van der Waals surface area contributed by atoms with Gasteiger partial charge in [0.1, 0.15) is 18.3 Å². The summed E-state index contributed by atoms with van der Waals surface area (Å²) in [5, 5.41) is 7.70. The molecule has 5 rings (SSSR count). The molecule has 3 fully saturated rings. The molecule has 2 aromatic rings. The van der Waals surface area contributed by atoms with Gasteiger partial charge in [0, 0.05) is 43.4 Å². The van der Waals surface area contributed by atoms with E-state index in [1.807, 2.05) is 0 Å². The molecule has 2 aromatic heterocycles. The van der Waals surface area contributed by atoms with Crippen LogP contribution in [-0.2, 0) is 16.1 Å². The van der Waals surface area contributed by atoms with Crippen molar-refractivity contribution in [1.82, 2.24) is 25.0 Å². The predicted molar refractivity (Wildman–Crippen MR) is 110 cm³/mol. The average Bonchev–Trinajstić information content (AvgIpc) is 3.23. The molecule has 10 heteroatoms. The molecule has 1 N–H and O–H groups in total. The second-order valence-corrected chi connectivity index (χ2v) is 9.23. The minimum Gasteiger partial charge on any atom is -0.351 e. The van der Waals surface area contributed by atoms with Crippen LogP contribution in [0.15, 0.2) is 18.5 Å². The van der Waals surface area contributed by atoms with Crippen LogP contribution in [-0.4, -0.2) is 61.3 Å². The summed E-state index contributed by atoms with van der Waals surface area (Å²) in [6.45, 7) is 1.29. The first kappa shape index (κ1) is 21.0. The number of piperidine rings is 1. The molecule has 3 heterocycles. The van der Waals surface area contributed by atoms with Crippen molar-refractivity contribution >= 4 is 28.5 Å². The normalized spacial score (nSPS) is 28.4. The number of pyridine rings is 1. The van der Waals surface area contributed by atoms with Crippen LogP contribution in [0.3, 0.4) is 0 Å². The van der Waals surface area contributed by atoms with Gasteiger partial charge in [-0.3, -0.25) is 24.0 Å². The Hall–Kier alpha value is -2.91. The fraction of sp³-hybridized carbons (Fsp3) is 0.591. The maximum absolute atomic E-state index is 13.7. The number of ketones is 1. The number of halogens is 2. The minimum absolute atomic E-state index is 0.00160. The SMILES string of the molecule is CC(=O)c1nn(CC(=O)N2[C@@H]3CC3C[C@H]2C(=O)NC2CCCC(F)(F)C2)c2cnccc12. The summed E-state index contributed by atoms with van der Waals surface area (Å²) in [6, 6.07) is 0.454. The van der Waals surface area contributed by atoms with E-state index in [1.165, 1.54) is 11.6 Å². The van der Waals surface area contributed by atoms with E-state index >= 15 is 0 Å². The van der Waals surface area contributed by atoms with E-state index in [4.69, 9.17) is 0 Å². The summed E-state index contributed by atoms with van der Waals surface area (Å²) >= 11 is 0. The molecule has 0 aromatic carbocycles. The molecule has 2 aliphatic carbocycles. The number of nitrogens with zero attached hydrogens (tertiary/aromatic N) is 4. The Balaban J connectivity index is 1.33. The third kappa shape index (κ3) is 3.75. The van der Waals surface area contributed by atoms with Gasteiger partial charge in [-0.25, -0.2) is 8.78 Å². The standard InChI is InChI=1S/C22H25F2N5O3/c1-12(30)20-15-4-6-25-10-18(15)28(27-20)11-19(31)29-16-7-13(16)8-17(29)21(32)26-14-3-2-5-22(23,24)9-14/h4,6,10,13-14,16-17H,2-3,5,7-9,11H2,1H3,(H,26,32)/t13?,14?,16-,17+/m1/s1. The Morgan fingerprint density at radius 2 is 2.09 bits per heavy atom. The van der Waals surface area contributed by atoms with Crippen LogP contribution in [0.2, 0.25) is 0 Å². The van der Waals surface area contributed by atoms with Gasteiger partial charge >= 0.3 is 0 Å². The molecule has 4 atom stereocenters. The molecule has 2 unspecified atom stereocenters. The van der Waals surface area contributed by atoms with Crippen LogP contribution in [0.4, 0.5) is 8.78 Å². The van der Waals surface area contributed by atoms with Crippen molar-refractivity contribution in [3.05, 3.63) is 24.2 Å². The molecular formula is C22H25F2N5O3. The Morgan fingerprint density at radius 1 is 1.28 bits per heavy atom. The number of likely N-dealkylation sites (tertiary alicyclic amines) is 1. The number of rotatable bonds is 5. The summed E-state index contributed by atoms with van der Waals surface area (Å²) < 4.78 is 28.9. The van der Waals surface area contributed by atoms with Gasteiger partial charge in [0.15, 0.2) is 5.78 Å². The lowest BCUT2D eigenvalue weighted by atomic mass is 9.92. The number of hydrogen-bond acceptors (Lipinski definition) is 5. The number of carbonyl (C=O) groups is 3. The van der Waals surface area contributed by atoms with Gasteiger partial charge in [-0.1, -0.05) is 0 Å². The van der Waals surface area contributed by atoms with E-state index in [2.05, 4.69) is 15.4 Å². The van der Waals surface area contributed by atoms with Crippen molar-refractivity contribution in [3.8, 4) is 0 Å². The van der Waals surface area contributed by atoms with Gasteiger partial charge < -0.3 is 10.2 Å². The van der Waals surface area contributed by atoms with Crippen LogP contribution in [0.25, 0.3) is 10.9 Å². The molecule has 2 amide bonds. The predicted octanol–water partition coefficient (Wildman–Crippen LogP) is 2.32. The lowest BCUT2D eigenvalue weighted by molar-refractivity contribution is -0.141. The lowest BCUT2D eigenvalue weighted by Gasteiger charge is -2.32. The highest BCUT2D eigenvalue weighted by Crippen LogP contribution is 2.48. The van der Waals surface area contributed by atoms with Crippen molar-refractivity contribution in [2.24, 2.45) is 5.92 Å². The largest absolute Gasteiger partial charge is 0.351 e. The number of hydrogen-bond donors (Lipinski definition) is 1. The third-order valence-corrected chi connectivity index (χ3v) is 6.85. The quantitative estimate of drug-likeness (QED) is 0.713. The average molecular weight is 445 g/mol. The summed E-state index contributed by atoms with van der Waals surface area (Å²) in [5.41, 5.74) is 0.844. The molecule has 0 bridgehead atoms. The maximum Gasteiger partial charge on any atom is 0.250 e. The molecule has 3 aliphatic rings. The van der Waals surface area contributed by atoms with E-state index < -0.39 is 18.0 Å². The maximum atomic E-state index is 13.7. The number of Topliss-reactive ketones (excluding diaryl/α,β-unsaturated/α-hetero) is 1. The van der Waals surface area contributed by atoms with E-state index in [9.17, 15) is 23.2 Å². The highest BCUT2D eigenvalue weighted by Gasteiger charge is 2.56. The van der Waals surface area contributed by atoms with Gasteiger partial charge in [0.2, 0.25) is 17.7 Å². The van der Waals surface area contributed by atoms with Crippen molar-refractivity contribution in [1.29, 1.82) is 0 Å². The molecule has 0 radical (unpaired) electrons. The molecule has 8 nitrogen and oxygen atoms in total. The fourth-order valence-corrected chi connectivity index (χ4v) is 5.25. The van der Waals surface area contributed by atoms with Crippen LogP contribution in [0, 0.1) is 5.92 Å². The Kier molecular flexibility index (Phi) is 4.98. The third-order valence-electron chi connectivity index (χ3n) is 6.85. The number of carbonyl (C=O) groups excluding carboxylic acids is 3. The van der Waals surface area contributed by atoms with Gasteiger partial charge in [0.25, 0.3) is 0 Å². The first-order chi connectivity index (χ1) is 15.2. The summed E-state index contributed by atoms with van der Waals surface area (Å²) in [7, 11) is 0. The fourth-order valence-electron chi connectivity index (χ4n) is 5.25. The van der Waals surface area contributed by atoms with E-state index in [0.717, 1.165) is 6.42 Å². The number of amides is 2. The second kappa shape index (κ2) is 7.60. The Labute approximate surface area is 183 Å². The van der Waals surface area contributed by atoms with Crippen LogP contribution in [0.5, 0.6) is 0 Å². The monoisotopic (exact) mass is 445 g/mol. The smallest absolute Gasteiger partial charge is 0.250 e. The minimum atomic E-state index is -2.76. The van der Waals surface area contributed by atoms with E-state index in [1.54, 1.807) is 23.4 Å². The van der Waals surface area contributed by atoms with Crippen LogP contribution >= 0.6 is 0 Å². The van der Waals surface area contributed by atoms with Crippen molar-refractivity contribution < 1.29 is 23.2 Å². The van der Waals surface area contributed by atoms with Crippen molar-refractivity contribution in [2.75, 3.05) is 0 Å². The number of fused-ring (bicyclic) bond motifs is 2. The lowest BCUT2D eigenvalue weighted by Crippen LogP contribution is -2.52. The highest BCUT2D eigenvalue weighted by molar-refractivity contribution is 6.04. The van der Waals surface area contributed by atoms with Gasteiger partial charge in [-0.2, -0.15) is 5.10 Å². The first-order valence-corrected chi connectivity index (χ1v) is 11.0. The summed E-state index contributed by atoms with van der Waals surface area (Å²) in [5.74, 6) is -3.33. The summed E-state index contributed by atoms with van der Waals surface area (Å²) in [6.07, 6.45) is 4.90. The van der Waals surface area contributed by atoms with Gasteiger partial charge in [0.05, 0.1) is 11.7 Å². The molecule has 1 saturated heterocycles. The number of nitrogens with one attached hydrogen (secondary N) is 1. The van der Waals surface area contributed by atoms with Crippen molar-refractivity contribution in [3.63, 3.8) is 0 Å². The molecule has 0 spiro atoms. The topological polar surface area (TPSA) is 97.2 Å². The molecule has 1 aliphatic heterocycles. The first-order valence-electron chi connectivity index (χ1n) is 11.0. The Bertz CT molecular complexity index is 1100. The van der Waals surface area contributed by atoms with Crippen LogP contribution in [0.1, 0.15) is 55.9 Å². The highest BCUT2D eigenvalue weighted by atomic mass is 19.3. The summed E-state index contributed by atoms with van der Waals surface area (Å²) in [4.78, 5) is 43.8. The zero-order valence-electron chi connectivity index (χ0n) is 17.8. The zero-order valence-corrected chi connectivity index (χ0v) is 17.8.